The van der Waals surface area contributed by atoms with E-state index in [-0.39, 0.29) is 28.6 Å². The summed E-state index contributed by atoms with van der Waals surface area (Å²) in [4.78, 5) is 19.2. The average molecular weight is 539 g/mol. The van der Waals surface area contributed by atoms with E-state index in [0.717, 1.165) is 57.2 Å². The zero-order valence-corrected chi connectivity index (χ0v) is 21.2. The molecular weight excluding hydrogens is 509 g/mol. The fourth-order valence-corrected chi connectivity index (χ4v) is 5.56. The van der Waals surface area contributed by atoms with Gasteiger partial charge in [-0.25, -0.2) is 0 Å². The quantitative estimate of drug-likeness (QED) is 0.448. The van der Waals surface area contributed by atoms with E-state index in [4.69, 9.17) is 25.8 Å². The van der Waals surface area contributed by atoms with Crippen LogP contribution in [0.2, 0.25) is 5.02 Å². The standard InChI is InChI=1S/C27H30ClF3N2O4/c28-22-13-20(27(29,30)31)14-32-24(22)18-11-19-15-33(26(34)17-5-2-1-3-6-17)8-10-36-25(19)23(12-18)37-16-21-7-4-9-35-21/h11-14,17,21H,1-10,15-16H2. The Bertz CT molecular complexity index is 1130. The number of hydrogen-bond acceptors (Lipinski definition) is 5. The lowest BCUT2D eigenvalue weighted by Crippen LogP contribution is -2.37. The first kappa shape index (κ1) is 26.1. The molecule has 1 unspecified atom stereocenters. The first-order chi connectivity index (χ1) is 17.8. The Morgan fingerprint density at radius 3 is 2.62 bits per heavy atom. The van der Waals surface area contributed by atoms with Crippen molar-refractivity contribution >= 4 is 17.5 Å². The molecule has 5 rings (SSSR count). The van der Waals surface area contributed by atoms with Gasteiger partial charge in [0.2, 0.25) is 5.91 Å². The van der Waals surface area contributed by atoms with Crippen molar-refractivity contribution in [1.82, 2.24) is 9.88 Å². The lowest BCUT2D eigenvalue weighted by Gasteiger charge is -2.28. The average Bonchev–Trinajstić information content (AvgIpc) is 3.31. The SMILES string of the molecule is O=C(C1CCCCC1)N1CCOc2c(cc(-c3ncc(C(F)(F)F)cc3Cl)cc2OCC2CCCO2)C1. The van der Waals surface area contributed by atoms with E-state index in [1.54, 1.807) is 12.1 Å². The molecule has 200 valence electrons. The Balaban J connectivity index is 1.48. The van der Waals surface area contributed by atoms with Crippen molar-refractivity contribution in [2.24, 2.45) is 5.92 Å². The van der Waals surface area contributed by atoms with Crippen molar-refractivity contribution in [2.45, 2.75) is 63.8 Å². The molecule has 10 heteroatoms. The van der Waals surface area contributed by atoms with E-state index < -0.39 is 11.7 Å². The molecule has 0 radical (unpaired) electrons. The number of amides is 1. The molecule has 1 amide bonds. The molecule has 37 heavy (non-hydrogen) atoms. The van der Waals surface area contributed by atoms with Crippen molar-refractivity contribution in [3.63, 3.8) is 0 Å². The van der Waals surface area contributed by atoms with Gasteiger partial charge in [-0.1, -0.05) is 30.9 Å². The van der Waals surface area contributed by atoms with Crippen molar-refractivity contribution in [1.29, 1.82) is 0 Å². The fourth-order valence-electron chi connectivity index (χ4n) is 5.29. The topological polar surface area (TPSA) is 60.9 Å². The predicted molar refractivity (Wildman–Crippen MR) is 132 cm³/mol. The number of alkyl halides is 3. The number of aromatic nitrogens is 1. The van der Waals surface area contributed by atoms with Gasteiger partial charge in [0.15, 0.2) is 11.5 Å². The van der Waals surface area contributed by atoms with Crippen LogP contribution < -0.4 is 9.47 Å². The minimum atomic E-state index is -4.55. The number of hydrogen-bond donors (Lipinski definition) is 0. The largest absolute Gasteiger partial charge is 0.487 e. The van der Waals surface area contributed by atoms with Crippen LogP contribution in [0, 0.1) is 5.92 Å². The Morgan fingerprint density at radius 2 is 1.92 bits per heavy atom. The van der Waals surface area contributed by atoms with Crippen molar-refractivity contribution in [3.8, 4) is 22.8 Å². The fraction of sp³-hybridized carbons (Fsp3) is 0.556. The number of benzene rings is 1. The van der Waals surface area contributed by atoms with Gasteiger partial charge in [0.1, 0.15) is 13.2 Å². The molecule has 1 aromatic carbocycles. The predicted octanol–water partition coefficient (Wildman–Crippen LogP) is 6.28. The number of nitrogens with zero attached hydrogens (tertiary/aromatic N) is 2. The molecule has 2 fully saturated rings. The van der Waals surface area contributed by atoms with Crippen LogP contribution in [0.15, 0.2) is 24.4 Å². The Morgan fingerprint density at radius 1 is 1.11 bits per heavy atom. The smallest absolute Gasteiger partial charge is 0.417 e. The van der Waals surface area contributed by atoms with E-state index in [1.165, 1.54) is 0 Å². The van der Waals surface area contributed by atoms with Gasteiger partial charge < -0.3 is 19.1 Å². The highest BCUT2D eigenvalue weighted by molar-refractivity contribution is 6.33. The summed E-state index contributed by atoms with van der Waals surface area (Å²) in [5.41, 5.74) is 0.488. The first-order valence-electron chi connectivity index (χ1n) is 12.9. The molecule has 3 aliphatic rings. The molecule has 1 saturated heterocycles. The molecule has 0 bridgehead atoms. The highest BCUT2D eigenvalue weighted by Gasteiger charge is 2.33. The number of carbonyl (C=O) groups is 1. The number of halogens is 4. The summed E-state index contributed by atoms with van der Waals surface area (Å²) in [5, 5.41) is -0.121. The molecule has 0 N–H and O–H groups in total. The van der Waals surface area contributed by atoms with E-state index >= 15 is 0 Å². The van der Waals surface area contributed by atoms with Crippen LogP contribution in [0.25, 0.3) is 11.3 Å². The maximum absolute atomic E-state index is 13.3. The zero-order chi connectivity index (χ0) is 26.0. The highest BCUT2D eigenvalue weighted by atomic mass is 35.5. The van der Waals surface area contributed by atoms with Crippen LogP contribution >= 0.6 is 11.6 Å². The van der Waals surface area contributed by atoms with E-state index in [9.17, 15) is 18.0 Å². The molecular formula is C27H30ClF3N2O4. The zero-order valence-electron chi connectivity index (χ0n) is 20.5. The van der Waals surface area contributed by atoms with Crippen molar-refractivity contribution in [2.75, 3.05) is 26.4 Å². The minimum absolute atomic E-state index is 0.0137. The van der Waals surface area contributed by atoms with Gasteiger partial charge in [0.25, 0.3) is 0 Å². The van der Waals surface area contributed by atoms with Gasteiger partial charge >= 0.3 is 6.18 Å². The molecule has 6 nitrogen and oxygen atoms in total. The summed E-state index contributed by atoms with van der Waals surface area (Å²) in [6, 6.07) is 4.34. The molecule has 1 aromatic heterocycles. The molecule has 2 aliphatic heterocycles. The molecule has 0 spiro atoms. The molecule has 1 atom stereocenters. The third-order valence-corrected chi connectivity index (χ3v) is 7.55. The Hall–Kier alpha value is -2.52. The number of fused-ring (bicyclic) bond motifs is 1. The molecule has 3 heterocycles. The summed E-state index contributed by atoms with van der Waals surface area (Å²) >= 11 is 6.28. The lowest BCUT2D eigenvalue weighted by atomic mass is 9.88. The lowest BCUT2D eigenvalue weighted by molar-refractivity contribution is -0.138. The first-order valence-corrected chi connectivity index (χ1v) is 13.2. The number of carbonyl (C=O) groups excluding carboxylic acids is 1. The number of rotatable bonds is 5. The van der Waals surface area contributed by atoms with Crippen molar-refractivity contribution < 1.29 is 32.2 Å². The minimum Gasteiger partial charge on any atom is -0.487 e. The molecule has 1 saturated carbocycles. The summed E-state index contributed by atoms with van der Waals surface area (Å²) in [7, 11) is 0. The van der Waals surface area contributed by atoms with E-state index in [2.05, 4.69) is 4.98 Å². The Kier molecular flexibility index (Phi) is 7.81. The van der Waals surface area contributed by atoms with Crippen LogP contribution in [0.1, 0.15) is 56.1 Å². The van der Waals surface area contributed by atoms with Gasteiger partial charge in [-0.05, 0) is 43.9 Å². The van der Waals surface area contributed by atoms with Crippen LogP contribution in [-0.2, 0) is 22.3 Å². The van der Waals surface area contributed by atoms with Gasteiger partial charge in [0, 0.05) is 36.4 Å². The second-order valence-electron chi connectivity index (χ2n) is 9.90. The van der Waals surface area contributed by atoms with Crippen LogP contribution in [0.3, 0.4) is 0 Å². The number of ether oxygens (including phenoxy) is 3. The van der Waals surface area contributed by atoms with Crippen LogP contribution in [0.4, 0.5) is 13.2 Å². The number of pyridine rings is 1. The Labute approximate surface area is 219 Å². The molecule has 2 aromatic rings. The highest BCUT2D eigenvalue weighted by Crippen LogP contribution is 2.41. The second-order valence-corrected chi connectivity index (χ2v) is 10.3. The van der Waals surface area contributed by atoms with Crippen LogP contribution in [0.5, 0.6) is 11.5 Å². The van der Waals surface area contributed by atoms with Crippen molar-refractivity contribution in [3.05, 3.63) is 40.5 Å². The summed E-state index contributed by atoms with van der Waals surface area (Å²) in [5.74, 6) is 1.10. The van der Waals surface area contributed by atoms with Gasteiger partial charge in [-0.2, -0.15) is 13.2 Å². The van der Waals surface area contributed by atoms with Gasteiger partial charge in [0.05, 0.1) is 28.9 Å². The van der Waals surface area contributed by atoms with Crippen LogP contribution in [-0.4, -0.2) is 48.3 Å². The second kappa shape index (κ2) is 11.1. The summed E-state index contributed by atoms with van der Waals surface area (Å²) < 4.78 is 57.4. The third kappa shape index (κ3) is 5.98. The maximum Gasteiger partial charge on any atom is 0.417 e. The van der Waals surface area contributed by atoms with Gasteiger partial charge in [-0.15, -0.1) is 0 Å². The molecule has 1 aliphatic carbocycles. The van der Waals surface area contributed by atoms with Gasteiger partial charge in [-0.3, -0.25) is 9.78 Å². The summed E-state index contributed by atoms with van der Waals surface area (Å²) in [6.45, 7) is 2.08. The van der Waals surface area contributed by atoms with E-state index in [0.29, 0.717) is 55.5 Å². The third-order valence-electron chi connectivity index (χ3n) is 7.26. The van der Waals surface area contributed by atoms with E-state index in [1.807, 2.05) is 4.90 Å². The monoisotopic (exact) mass is 538 g/mol. The summed E-state index contributed by atoms with van der Waals surface area (Å²) in [6.07, 6.45) is 3.09. The normalized spacial score (nSPS) is 20.8. The maximum atomic E-state index is 13.3.